The predicted octanol–water partition coefficient (Wildman–Crippen LogP) is 3.70. The number of hydrogen-bond donors (Lipinski definition) is 0. The predicted molar refractivity (Wildman–Crippen MR) is 76.1 cm³/mol. The highest BCUT2D eigenvalue weighted by atomic mass is 16.5. The number of nitrogens with zero attached hydrogens (tertiary/aromatic N) is 1. The number of hydrogen-bond acceptors (Lipinski definition) is 3. The van der Waals surface area contributed by atoms with Gasteiger partial charge in [-0.1, -0.05) is 26.2 Å². The van der Waals surface area contributed by atoms with Crippen LogP contribution in [0.1, 0.15) is 38.2 Å². The molecule has 0 saturated carbocycles. The molecule has 0 radical (unpaired) electrons. The normalized spacial score (nSPS) is 10.8. The van der Waals surface area contributed by atoms with Crippen LogP contribution in [-0.2, 0) is 0 Å². The van der Waals surface area contributed by atoms with E-state index in [2.05, 4.69) is 11.9 Å². The fourth-order valence-electron chi connectivity index (χ4n) is 1.72. The molecule has 0 heterocycles. The van der Waals surface area contributed by atoms with Gasteiger partial charge < -0.3 is 9.47 Å². The first-order valence-electron chi connectivity index (χ1n) is 6.53. The van der Waals surface area contributed by atoms with E-state index in [9.17, 15) is 0 Å². The molecule has 0 saturated heterocycles. The zero-order chi connectivity index (χ0) is 13.2. The molecule has 0 aliphatic carbocycles. The maximum absolute atomic E-state index is 5.31. The Hall–Kier alpha value is -1.51. The van der Waals surface area contributed by atoms with Gasteiger partial charge in [0, 0.05) is 24.4 Å². The van der Waals surface area contributed by atoms with Crippen molar-refractivity contribution in [3.05, 3.63) is 23.8 Å². The molecule has 0 atom stereocenters. The Morgan fingerprint density at radius 3 is 2.61 bits per heavy atom. The van der Waals surface area contributed by atoms with Crippen molar-refractivity contribution in [2.45, 2.75) is 32.6 Å². The summed E-state index contributed by atoms with van der Waals surface area (Å²) in [6.07, 6.45) is 6.85. The van der Waals surface area contributed by atoms with Crippen LogP contribution in [0.4, 0.5) is 0 Å². The summed E-state index contributed by atoms with van der Waals surface area (Å²) in [5.74, 6) is 1.60. The molecule has 0 fully saturated rings. The molecule has 3 nitrogen and oxygen atoms in total. The molecule has 3 heteroatoms. The van der Waals surface area contributed by atoms with Gasteiger partial charge in [-0.15, -0.1) is 0 Å². The van der Waals surface area contributed by atoms with Gasteiger partial charge in [0.05, 0.1) is 14.2 Å². The van der Waals surface area contributed by atoms with Gasteiger partial charge in [0.1, 0.15) is 11.5 Å². The van der Waals surface area contributed by atoms with E-state index in [0.717, 1.165) is 30.0 Å². The Balaban J connectivity index is 2.52. The second kappa shape index (κ2) is 8.56. The van der Waals surface area contributed by atoms with E-state index in [1.807, 2.05) is 24.4 Å². The van der Waals surface area contributed by atoms with Crippen LogP contribution in [0.25, 0.3) is 0 Å². The molecule has 0 spiro atoms. The molecule has 1 rings (SSSR count). The van der Waals surface area contributed by atoms with Gasteiger partial charge in [0.25, 0.3) is 0 Å². The molecule has 0 aromatic heterocycles. The highest BCUT2D eigenvalue weighted by Gasteiger charge is 2.01. The maximum atomic E-state index is 5.31. The highest BCUT2D eigenvalue weighted by molar-refractivity contribution is 5.83. The fourth-order valence-corrected chi connectivity index (χ4v) is 1.72. The van der Waals surface area contributed by atoms with E-state index >= 15 is 0 Å². The minimum absolute atomic E-state index is 0.798. The number of rotatable bonds is 8. The average Bonchev–Trinajstić information content (AvgIpc) is 2.42. The first-order valence-corrected chi connectivity index (χ1v) is 6.53. The smallest absolute Gasteiger partial charge is 0.131 e. The average molecular weight is 249 g/mol. The van der Waals surface area contributed by atoms with Crippen molar-refractivity contribution >= 4 is 6.21 Å². The minimum atomic E-state index is 0.798. The van der Waals surface area contributed by atoms with E-state index in [1.54, 1.807) is 14.2 Å². The van der Waals surface area contributed by atoms with Crippen LogP contribution in [0.2, 0.25) is 0 Å². The standard InChI is InChI=1S/C15H23NO2/c1-4-5-6-7-10-16-12-13-8-9-14(17-2)11-15(13)18-3/h8-9,11-12H,4-7,10H2,1-3H3. The summed E-state index contributed by atoms with van der Waals surface area (Å²) in [5.41, 5.74) is 0.994. The Labute approximate surface area is 110 Å². The summed E-state index contributed by atoms with van der Waals surface area (Å²) in [6.45, 7) is 3.10. The lowest BCUT2D eigenvalue weighted by atomic mass is 10.2. The van der Waals surface area contributed by atoms with Gasteiger partial charge in [-0.3, -0.25) is 4.99 Å². The van der Waals surface area contributed by atoms with Crippen LogP contribution in [-0.4, -0.2) is 27.0 Å². The first-order chi connectivity index (χ1) is 8.81. The summed E-state index contributed by atoms with van der Waals surface area (Å²) < 4.78 is 10.5. The zero-order valence-electron chi connectivity index (χ0n) is 11.6. The lowest BCUT2D eigenvalue weighted by Crippen LogP contribution is -1.93. The quantitative estimate of drug-likeness (QED) is 0.519. The van der Waals surface area contributed by atoms with E-state index in [-0.39, 0.29) is 0 Å². The minimum Gasteiger partial charge on any atom is -0.497 e. The van der Waals surface area contributed by atoms with E-state index in [1.165, 1.54) is 19.3 Å². The summed E-state index contributed by atoms with van der Waals surface area (Å²) >= 11 is 0. The summed E-state index contributed by atoms with van der Waals surface area (Å²) in [6, 6.07) is 5.76. The van der Waals surface area contributed by atoms with Crippen molar-refractivity contribution in [2.24, 2.45) is 4.99 Å². The van der Waals surface area contributed by atoms with Crippen molar-refractivity contribution in [3.63, 3.8) is 0 Å². The molecule has 100 valence electrons. The van der Waals surface area contributed by atoms with Crippen LogP contribution in [0.5, 0.6) is 11.5 Å². The van der Waals surface area contributed by atoms with E-state index in [4.69, 9.17) is 9.47 Å². The number of unbranched alkanes of at least 4 members (excludes halogenated alkanes) is 3. The third-order valence-corrected chi connectivity index (χ3v) is 2.81. The number of aliphatic imine (C=N–C) groups is 1. The summed E-state index contributed by atoms with van der Waals surface area (Å²) in [7, 11) is 3.31. The topological polar surface area (TPSA) is 30.8 Å². The Kier molecular flexibility index (Phi) is 6.92. The highest BCUT2D eigenvalue weighted by Crippen LogP contribution is 2.23. The molecule has 0 unspecified atom stereocenters. The van der Waals surface area contributed by atoms with Gasteiger partial charge in [-0.2, -0.15) is 0 Å². The van der Waals surface area contributed by atoms with E-state index < -0.39 is 0 Å². The van der Waals surface area contributed by atoms with Gasteiger partial charge in [-0.05, 0) is 18.6 Å². The third-order valence-electron chi connectivity index (χ3n) is 2.81. The van der Waals surface area contributed by atoms with Crippen molar-refractivity contribution in [3.8, 4) is 11.5 Å². The largest absolute Gasteiger partial charge is 0.497 e. The molecule has 1 aromatic rings. The summed E-state index contributed by atoms with van der Waals surface area (Å²) in [5, 5.41) is 0. The maximum Gasteiger partial charge on any atom is 0.131 e. The Morgan fingerprint density at radius 2 is 1.94 bits per heavy atom. The molecule has 18 heavy (non-hydrogen) atoms. The molecule has 0 N–H and O–H groups in total. The van der Waals surface area contributed by atoms with Crippen LogP contribution in [0.3, 0.4) is 0 Å². The lowest BCUT2D eigenvalue weighted by molar-refractivity contribution is 0.394. The molecule has 0 aliphatic rings. The second-order valence-corrected chi connectivity index (χ2v) is 4.20. The summed E-state index contributed by atoms with van der Waals surface area (Å²) in [4.78, 5) is 4.43. The van der Waals surface area contributed by atoms with E-state index in [0.29, 0.717) is 0 Å². The van der Waals surface area contributed by atoms with Gasteiger partial charge >= 0.3 is 0 Å². The number of ether oxygens (including phenoxy) is 2. The van der Waals surface area contributed by atoms with Gasteiger partial charge in [0.15, 0.2) is 0 Å². The molecule has 0 amide bonds. The lowest BCUT2D eigenvalue weighted by Gasteiger charge is -2.06. The van der Waals surface area contributed by atoms with Crippen molar-refractivity contribution in [1.29, 1.82) is 0 Å². The fraction of sp³-hybridized carbons (Fsp3) is 0.533. The molecule has 0 bridgehead atoms. The molecular weight excluding hydrogens is 226 g/mol. The SMILES string of the molecule is CCCCCCN=Cc1ccc(OC)cc1OC. The van der Waals surface area contributed by atoms with Crippen molar-refractivity contribution in [2.75, 3.05) is 20.8 Å². The Morgan fingerprint density at radius 1 is 1.11 bits per heavy atom. The zero-order valence-corrected chi connectivity index (χ0v) is 11.6. The Bertz CT molecular complexity index is 375. The van der Waals surface area contributed by atoms with Crippen LogP contribution >= 0.6 is 0 Å². The van der Waals surface area contributed by atoms with Gasteiger partial charge in [-0.25, -0.2) is 0 Å². The third kappa shape index (κ3) is 4.78. The first kappa shape index (κ1) is 14.6. The number of methoxy groups -OCH3 is 2. The van der Waals surface area contributed by atoms with Crippen LogP contribution in [0, 0.1) is 0 Å². The van der Waals surface area contributed by atoms with Crippen LogP contribution in [0.15, 0.2) is 23.2 Å². The van der Waals surface area contributed by atoms with Crippen molar-refractivity contribution in [1.82, 2.24) is 0 Å². The number of benzene rings is 1. The van der Waals surface area contributed by atoms with Crippen molar-refractivity contribution < 1.29 is 9.47 Å². The molecule has 0 aliphatic heterocycles. The van der Waals surface area contributed by atoms with Crippen LogP contribution < -0.4 is 9.47 Å². The molecular formula is C15H23NO2. The van der Waals surface area contributed by atoms with Gasteiger partial charge in [0.2, 0.25) is 0 Å². The second-order valence-electron chi connectivity index (χ2n) is 4.20. The monoisotopic (exact) mass is 249 g/mol. The molecule has 1 aromatic carbocycles.